The highest BCUT2D eigenvalue weighted by Gasteiger charge is 2.20. The van der Waals surface area contributed by atoms with Crippen LogP contribution >= 0.6 is 22.9 Å². The summed E-state index contributed by atoms with van der Waals surface area (Å²) in [4.78, 5) is 0. The molecule has 0 aliphatic heterocycles. The highest BCUT2D eigenvalue weighted by Crippen LogP contribution is 2.38. The number of aromatic nitrogens is 1. The molecule has 186 valence electrons. The first-order valence-corrected chi connectivity index (χ1v) is 14.5. The van der Waals surface area contributed by atoms with E-state index in [9.17, 15) is 0 Å². The number of rotatable bonds is 3. The maximum atomic E-state index is 6.44. The fraction of sp³-hybridized carbons (Fsp3) is 0.0556. The van der Waals surface area contributed by atoms with Crippen LogP contribution < -0.4 is 9.75 Å². The van der Waals surface area contributed by atoms with E-state index in [0.717, 1.165) is 11.4 Å². The molecular formula is C36H24ClNS. The molecule has 1 aliphatic carbocycles. The first kappa shape index (κ1) is 22.8. The lowest BCUT2D eigenvalue weighted by atomic mass is 10.0. The Morgan fingerprint density at radius 3 is 1.85 bits per heavy atom. The lowest BCUT2D eigenvalue weighted by Crippen LogP contribution is -2.25. The Hall–Kier alpha value is -4.11. The van der Waals surface area contributed by atoms with Gasteiger partial charge in [-0.25, -0.2) is 0 Å². The van der Waals surface area contributed by atoms with Crippen LogP contribution in [0.3, 0.4) is 0 Å². The van der Waals surface area contributed by atoms with E-state index in [0.29, 0.717) is 0 Å². The molecule has 0 spiro atoms. The summed E-state index contributed by atoms with van der Waals surface area (Å²) in [5, 5.41) is 5.93. The van der Waals surface area contributed by atoms with Crippen LogP contribution in [0.25, 0.3) is 66.3 Å². The van der Waals surface area contributed by atoms with E-state index >= 15 is 0 Å². The summed E-state index contributed by atoms with van der Waals surface area (Å²) in [6.45, 7) is 0. The number of fused-ring (bicyclic) bond motifs is 6. The van der Waals surface area contributed by atoms with E-state index in [1.165, 1.54) is 63.9 Å². The zero-order valence-electron chi connectivity index (χ0n) is 21.1. The van der Waals surface area contributed by atoms with Gasteiger partial charge in [0, 0.05) is 30.4 Å². The molecule has 39 heavy (non-hydrogen) atoms. The molecule has 3 heteroatoms. The molecule has 0 fully saturated rings. The van der Waals surface area contributed by atoms with Crippen LogP contribution in [0.5, 0.6) is 0 Å². The van der Waals surface area contributed by atoms with Crippen molar-refractivity contribution < 1.29 is 0 Å². The Balaban J connectivity index is 1.42. The molecule has 0 N–H and O–H groups in total. The van der Waals surface area contributed by atoms with Crippen LogP contribution in [0.1, 0.15) is 12.5 Å². The molecule has 0 amide bonds. The van der Waals surface area contributed by atoms with Crippen molar-refractivity contribution in [2.45, 2.75) is 12.5 Å². The second-order valence-corrected chi connectivity index (χ2v) is 11.8. The minimum Gasteiger partial charge on any atom is -0.333 e. The average Bonchev–Trinajstić information content (AvgIpc) is 3.52. The molecule has 5 aromatic carbocycles. The van der Waals surface area contributed by atoms with Crippen LogP contribution in [0.2, 0.25) is 5.02 Å². The van der Waals surface area contributed by atoms with Crippen molar-refractivity contribution in [2.75, 3.05) is 0 Å². The molecule has 8 rings (SSSR count). The Morgan fingerprint density at radius 2 is 1.23 bits per heavy atom. The molecule has 1 unspecified atom stereocenters. The summed E-state index contributed by atoms with van der Waals surface area (Å²) in [5.74, 6) is 0. The zero-order valence-corrected chi connectivity index (χ0v) is 22.7. The van der Waals surface area contributed by atoms with Crippen LogP contribution in [0.15, 0.2) is 115 Å². The highest BCUT2D eigenvalue weighted by molar-refractivity contribution is 7.17. The van der Waals surface area contributed by atoms with Gasteiger partial charge in [0.15, 0.2) is 0 Å². The third-order valence-electron chi connectivity index (χ3n) is 7.97. The van der Waals surface area contributed by atoms with Crippen LogP contribution in [0, 0.1) is 0 Å². The van der Waals surface area contributed by atoms with Gasteiger partial charge >= 0.3 is 0 Å². The standard InChI is InChI=1S/C36H24ClNS/c37-27-13-17-35-31(21-27)32-22-28(14-18-36(32)39-35)38-33-19-25(23-7-3-1-4-8-23)11-15-29(33)30-16-12-26(20-34(30)38)24-9-5-2-6-10-24/h1-13,15-22,28H,14H2. The SMILES string of the molecule is Clc1ccc2sc3c(c2c1)=CC(n1c2cc(-c4ccccc4)ccc2c2ccc(-c4ccccc4)cc21)CC=3. The number of benzene rings is 5. The van der Waals surface area contributed by atoms with Crippen molar-refractivity contribution in [3.63, 3.8) is 0 Å². The highest BCUT2D eigenvalue weighted by atomic mass is 35.5. The lowest BCUT2D eigenvalue weighted by molar-refractivity contribution is 0.696. The Bertz CT molecular complexity index is 2060. The average molecular weight is 538 g/mol. The number of halogens is 1. The minimum atomic E-state index is 0.200. The van der Waals surface area contributed by atoms with Gasteiger partial charge in [0.2, 0.25) is 0 Å². The molecule has 0 saturated heterocycles. The van der Waals surface area contributed by atoms with Gasteiger partial charge in [0.1, 0.15) is 0 Å². The number of nitrogens with zero attached hydrogens (tertiary/aromatic N) is 1. The molecule has 0 saturated carbocycles. The smallest absolute Gasteiger partial charge is 0.0567 e. The third-order valence-corrected chi connectivity index (χ3v) is 9.39. The van der Waals surface area contributed by atoms with E-state index in [2.05, 4.69) is 126 Å². The van der Waals surface area contributed by atoms with Gasteiger partial charge in [-0.2, -0.15) is 0 Å². The maximum Gasteiger partial charge on any atom is 0.0567 e. The molecule has 1 aliphatic rings. The Morgan fingerprint density at radius 1 is 0.615 bits per heavy atom. The first-order chi connectivity index (χ1) is 19.2. The van der Waals surface area contributed by atoms with Gasteiger partial charge in [0.05, 0.1) is 17.1 Å². The first-order valence-electron chi connectivity index (χ1n) is 13.3. The molecule has 2 aromatic heterocycles. The van der Waals surface area contributed by atoms with E-state index in [-0.39, 0.29) is 6.04 Å². The van der Waals surface area contributed by atoms with E-state index < -0.39 is 0 Å². The maximum absolute atomic E-state index is 6.44. The van der Waals surface area contributed by atoms with Gasteiger partial charge in [-0.05, 0) is 64.2 Å². The molecule has 0 radical (unpaired) electrons. The Labute approximate surface area is 235 Å². The second kappa shape index (κ2) is 8.98. The van der Waals surface area contributed by atoms with Crippen molar-refractivity contribution in [1.29, 1.82) is 0 Å². The summed E-state index contributed by atoms with van der Waals surface area (Å²) in [6.07, 6.45) is 5.84. The van der Waals surface area contributed by atoms with E-state index in [4.69, 9.17) is 11.6 Å². The van der Waals surface area contributed by atoms with Crippen LogP contribution in [0.4, 0.5) is 0 Å². The van der Waals surface area contributed by atoms with Crippen LogP contribution in [-0.4, -0.2) is 4.57 Å². The zero-order chi connectivity index (χ0) is 25.9. The van der Waals surface area contributed by atoms with Crippen molar-refractivity contribution in [3.05, 3.63) is 130 Å². The fourth-order valence-electron chi connectivity index (χ4n) is 6.12. The largest absolute Gasteiger partial charge is 0.333 e. The van der Waals surface area contributed by atoms with Crippen molar-refractivity contribution in [2.24, 2.45) is 0 Å². The van der Waals surface area contributed by atoms with E-state index in [1.807, 2.05) is 17.4 Å². The monoisotopic (exact) mass is 537 g/mol. The second-order valence-electron chi connectivity index (χ2n) is 10.3. The fourth-order valence-corrected chi connectivity index (χ4v) is 7.42. The lowest BCUT2D eigenvalue weighted by Gasteiger charge is -2.19. The summed E-state index contributed by atoms with van der Waals surface area (Å²) in [6, 6.07) is 41.7. The summed E-state index contributed by atoms with van der Waals surface area (Å²) in [7, 11) is 0. The molecule has 0 bridgehead atoms. The van der Waals surface area contributed by atoms with Gasteiger partial charge < -0.3 is 4.57 Å². The predicted molar refractivity (Wildman–Crippen MR) is 169 cm³/mol. The third kappa shape index (κ3) is 3.75. The van der Waals surface area contributed by atoms with Crippen LogP contribution in [-0.2, 0) is 0 Å². The summed E-state index contributed by atoms with van der Waals surface area (Å²) < 4.78 is 5.20. The Kier molecular flexibility index (Phi) is 5.26. The summed E-state index contributed by atoms with van der Waals surface area (Å²) >= 11 is 8.30. The van der Waals surface area contributed by atoms with Gasteiger partial charge in [0.25, 0.3) is 0 Å². The topological polar surface area (TPSA) is 4.93 Å². The molecular weight excluding hydrogens is 514 g/mol. The van der Waals surface area contributed by atoms with Gasteiger partial charge in [-0.3, -0.25) is 0 Å². The van der Waals surface area contributed by atoms with Gasteiger partial charge in [-0.1, -0.05) is 109 Å². The molecule has 7 aromatic rings. The molecule has 1 nitrogen and oxygen atoms in total. The number of hydrogen-bond acceptors (Lipinski definition) is 1. The number of thiophene rings is 1. The molecule has 2 heterocycles. The molecule has 1 atom stereocenters. The minimum absolute atomic E-state index is 0.200. The van der Waals surface area contributed by atoms with E-state index in [1.54, 1.807) is 0 Å². The number of hydrogen-bond donors (Lipinski definition) is 0. The quantitative estimate of drug-likeness (QED) is 0.212. The van der Waals surface area contributed by atoms with Crippen molar-refractivity contribution >= 4 is 67.0 Å². The predicted octanol–water partition coefficient (Wildman–Crippen LogP) is 9.20. The van der Waals surface area contributed by atoms with Gasteiger partial charge in [-0.15, -0.1) is 11.3 Å². The normalized spacial score (nSPS) is 14.8. The van der Waals surface area contributed by atoms with Crippen molar-refractivity contribution in [3.8, 4) is 22.3 Å². The summed E-state index contributed by atoms with van der Waals surface area (Å²) in [5.41, 5.74) is 7.49. The van der Waals surface area contributed by atoms with Crippen molar-refractivity contribution in [1.82, 2.24) is 4.57 Å².